The largest absolute Gasteiger partial charge is 0.368 e. The molecule has 0 aliphatic heterocycles. The van der Waals surface area contributed by atoms with Crippen LogP contribution in [0.25, 0.3) is 0 Å². The van der Waals surface area contributed by atoms with Crippen LogP contribution in [0.5, 0.6) is 0 Å². The fourth-order valence-electron chi connectivity index (χ4n) is 1.94. The van der Waals surface area contributed by atoms with E-state index >= 15 is 0 Å². The van der Waals surface area contributed by atoms with Crippen molar-refractivity contribution in [2.75, 3.05) is 33.8 Å². The summed E-state index contributed by atoms with van der Waals surface area (Å²) in [6.07, 6.45) is 6.36. The first kappa shape index (κ1) is 16.7. The van der Waals surface area contributed by atoms with Crippen LogP contribution in [0.15, 0.2) is 0 Å². The Balaban J connectivity index is 0.00000256. The van der Waals surface area contributed by atoms with Gasteiger partial charge in [0.25, 0.3) is 0 Å². The lowest BCUT2D eigenvalue weighted by Crippen LogP contribution is -2.36. The Bertz CT molecular complexity index is 209. The molecule has 1 aliphatic rings. The predicted octanol–water partition coefficient (Wildman–Crippen LogP) is 1.44. The molecule has 1 saturated carbocycles. The number of nitrogens with zero attached hydrogens (tertiary/aromatic N) is 1. The molecule has 0 heterocycles. The second-order valence-corrected chi connectivity index (χ2v) is 4.49. The molecule has 0 unspecified atom stereocenters. The van der Waals surface area contributed by atoms with E-state index in [4.69, 9.17) is 4.74 Å². The number of hydrogen-bond acceptors (Lipinski definition) is 3. The minimum atomic E-state index is 0. The number of ether oxygens (including phenoxy) is 1. The Hall–Kier alpha value is -0.320. The van der Waals surface area contributed by atoms with Crippen LogP contribution in [-0.4, -0.2) is 50.7 Å². The standard InChI is InChI=1S/C12H24N2O2.ClH/c1-13-8-9-14(2)12(15)10-16-11-6-4-3-5-7-11;/h11,13H,3-10H2,1-2H3;1H. The molecule has 0 aromatic heterocycles. The molecule has 0 atom stereocenters. The minimum Gasteiger partial charge on any atom is -0.368 e. The average Bonchev–Trinajstić information content (AvgIpc) is 2.34. The van der Waals surface area contributed by atoms with E-state index < -0.39 is 0 Å². The van der Waals surface area contributed by atoms with Crippen LogP contribution in [0.1, 0.15) is 32.1 Å². The number of halogens is 1. The first-order valence-corrected chi connectivity index (χ1v) is 6.24. The number of amides is 1. The fourth-order valence-corrected chi connectivity index (χ4v) is 1.94. The topological polar surface area (TPSA) is 41.6 Å². The van der Waals surface area contributed by atoms with E-state index in [0.717, 1.165) is 25.9 Å². The molecule has 17 heavy (non-hydrogen) atoms. The predicted molar refractivity (Wildman–Crippen MR) is 71.6 cm³/mol. The van der Waals surface area contributed by atoms with E-state index in [1.807, 2.05) is 14.1 Å². The van der Waals surface area contributed by atoms with Crippen LogP contribution >= 0.6 is 12.4 Å². The third kappa shape index (κ3) is 6.86. The van der Waals surface area contributed by atoms with Gasteiger partial charge in [0, 0.05) is 20.1 Å². The van der Waals surface area contributed by atoms with Crippen molar-refractivity contribution in [3.8, 4) is 0 Å². The molecule has 0 saturated heterocycles. The lowest BCUT2D eigenvalue weighted by atomic mass is 9.98. The third-order valence-corrected chi connectivity index (χ3v) is 3.12. The average molecular weight is 265 g/mol. The Labute approximate surface area is 110 Å². The summed E-state index contributed by atoms with van der Waals surface area (Å²) in [4.78, 5) is 13.4. The molecule has 0 aromatic carbocycles. The zero-order valence-corrected chi connectivity index (χ0v) is 11.7. The molecule has 1 fully saturated rings. The molecule has 0 radical (unpaired) electrons. The molecule has 1 amide bonds. The molecule has 0 spiro atoms. The number of nitrogens with one attached hydrogen (secondary N) is 1. The summed E-state index contributed by atoms with van der Waals surface area (Å²) in [5, 5.41) is 3.02. The smallest absolute Gasteiger partial charge is 0.248 e. The van der Waals surface area contributed by atoms with Gasteiger partial charge in [0.2, 0.25) is 5.91 Å². The number of rotatable bonds is 6. The summed E-state index contributed by atoms with van der Waals surface area (Å²) in [6.45, 7) is 1.81. The van der Waals surface area contributed by atoms with Gasteiger partial charge in [-0.05, 0) is 19.9 Å². The summed E-state index contributed by atoms with van der Waals surface area (Å²) in [7, 11) is 3.71. The maximum absolute atomic E-state index is 11.7. The van der Waals surface area contributed by atoms with Crippen LogP contribution in [0.2, 0.25) is 0 Å². The molecular weight excluding hydrogens is 240 g/mol. The van der Waals surface area contributed by atoms with E-state index in [2.05, 4.69) is 5.32 Å². The molecule has 102 valence electrons. The highest BCUT2D eigenvalue weighted by molar-refractivity contribution is 5.85. The van der Waals surface area contributed by atoms with Crippen LogP contribution in [0.4, 0.5) is 0 Å². The van der Waals surface area contributed by atoms with Crippen LogP contribution in [0, 0.1) is 0 Å². The van der Waals surface area contributed by atoms with Crippen LogP contribution in [-0.2, 0) is 9.53 Å². The Kier molecular flexibility index (Phi) is 9.50. The maximum Gasteiger partial charge on any atom is 0.248 e. The molecule has 1 rings (SSSR count). The van der Waals surface area contributed by atoms with E-state index in [9.17, 15) is 4.79 Å². The third-order valence-electron chi connectivity index (χ3n) is 3.12. The highest BCUT2D eigenvalue weighted by atomic mass is 35.5. The minimum absolute atomic E-state index is 0. The lowest BCUT2D eigenvalue weighted by Gasteiger charge is -2.23. The van der Waals surface area contributed by atoms with Gasteiger partial charge in [-0.1, -0.05) is 19.3 Å². The second-order valence-electron chi connectivity index (χ2n) is 4.49. The quantitative estimate of drug-likeness (QED) is 0.789. The van der Waals surface area contributed by atoms with Crippen molar-refractivity contribution in [2.24, 2.45) is 0 Å². The van der Waals surface area contributed by atoms with E-state index in [1.165, 1.54) is 19.3 Å². The van der Waals surface area contributed by atoms with Gasteiger partial charge in [0.1, 0.15) is 6.61 Å². The van der Waals surface area contributed by atoms with Crippen molar-refractivity contribution in [3.63, 3.8) is 0 Å². The van der Waals surface area contributed by atoms with Gasteiger partial charge in [-0.2, -0.15) is 0 Å². The summed E-state index contributed by atoms with van der Waals surface area (Å²) >= 11 is 0. The van der Waals surface area contributed by atoms with Crippen LogP contribution < -0.4 is 5.32 Å². The number of hydrogen-bond donors (Lipinski definition) is 1. The molecule has 0 aromatic rings. The van der Waals surface area contributed by atoms with Crippen LogP contribution in [0.3, 0.4) is 0 Å². The molecular formula is C12H25ClN2O2. The van der Waals surface area contributed by atoms with Gasteiger partial charge in [-0.25, -0.2) is 0 Å². The maximum atomic E-state index is 11.7. The highest BCUT2D eigenvalue weighted by Crippen LogP contribution is 2.20. The molecule has 4 nitrogen and oxygen atoms in total. The Morgan fingerprint density at radius 1 is 1.35 bits per heavy atom. The molecule has 1 aliphatic carbocycles. The zero-order valence-electron chi connectivity index (χ0n) is 10.9. The molecule has 5 heteroatoms. The number of likely N-dealkylation sites (N-methyl/N-ethyl adjacent to an activating group) is 2. The fraction of sp³-hybridized carbons (Fsp3) is 0.917. The summed E-state index contributed by atoms with van der Waals surface area (Å²) < 4.78 is 5.63. The zero-order chi connectivity index (χ0) is 11.8. The summed E-state index contributed by atoms with van der Waals surface area (Å²) in [5.41, 5.74) is 0. The van der Waals surface area contributed by atoms with E-state index in [-0.39, 0.29) is 24.9 Å². The SMILES string of the molecule is CNCCN(C)C(=O)COC1CCCCC1.Cl. The summed E-state index contributed by atoms with van der Waals surface area (Å²) in [5.74, 6) is 0.0841. The van der Waals surface area contributed by atoms with Crippen molar-refractivity contribution in [1.82, 2.24) is 10.2 Å². The first-order chi connectivity index (χ1) is 7.74. The van der Waals surface area contributed by atoms with E-state index in [1.54, 1.807) is 4.90 Å². The Morgan fingerprint density at radius 2 is 2.00 bits per heavy atom. The van der Waals surface area contributed by atoms with Crippen molar-refractivity contribution >= 4 is 18.3 Å². The number of carbonyl (C=O) groups is 1. The van der Waals surface area contributed by atoms with Gasteiger partial charge < -0.3 is 15.0 Å². The summed E-state index contributed by atoms with van der Waals surface area (Å²) in [6, 6.07) is 0. The van der Waals surface area contributed by atoms with Crippen molar-refractivity contribution in [3.05, 3.63) is 0 Å². The van der Waals surface area contributed by atoms with Crippen molar-refractivity contribution in [2.45, 2.75) is 38.2 Å². The first-order valence-electron chi connectivity index (χ1n) is 6.24. The Morgan fingerprint density at radius 3 is 2.59 bits per heavy atom. The van der Waals surface area contributed by atoms with Gasteiger partial charge >= 0.3 is 0 Å². The van der Waals surface area contributed by atoms with E-state index in [0.29, 0.717) is 6.10 Å². The van der Waals surface area contributed by atoms with Gasteiger partial charge in [0.05, 0.1) is 6.10 Å². The normalized spacial score (nSPS) is 16.4. The molecule has 0 bridgehead atoms. The monoisotopic (exact) mass is 264 g/mol. The van der Waals surface area contributed by atoms with Crippen molar-refractivity contribution < 1.29 is 9.53 Å². The van der Waals surface area contributed by atoms with Crippen molar-refractivity contribution in [1.29, 1.82) is 0 Å². The second kappa shape index (κ2) is 9.68. The number of carbonyl (C=O) groups excluding carboxylic acids is 1. The highest BCUT2D eigenvalue weighted by Gasteiger charge is 2.16. The van der Waals surface area contributed by atoms with Gasteiger partial charge in [-0.3, -0.25) is 4.79 Å². The van der Waals surface area contributed by atoms with Gasteiger partial charge in [-0.15, -0.1) is 12.4 Å². The van der Waals surface area contributed by atoms with Gasteiger partial charge in [0.15, 0.2) is 0 Å². The lowest BCUT2D eigenvalue weighted by molar-refractivity contribution is -0.137. The molecule has 1 N–H and O–H groups in total.